The van der Waals surface area contributed by atoms with Crippen LogP contribution in [0, 0.1) is 0 Å². The number of nitrogens with one attached hydrogen (secondary N) is 2. The summed E-state index contributed by atoms with van der Waals surface area (Å²) in [5.41, 5.74) is -0.198. The molecule has 3 atom stereocenters. The van der Waals surface area contributed by atoms with Crippen molar-refractivity contribution in [2.75, 3.05) is 19.8 Å². The van der Waals surface area contributed by atoms with Gasteiger partial charge in [0.2, 0.25) is 0 Å². The van der Waals surface area contributed by atoms with Crippen molar-refractivity contribution in [3.63, 3.8) is 0 Å². The average Bonchev–Trinajstić information content (AvgIpc) is 3.16. The van der Waals surface area contributed by atoms with Gasteiger partial charge in [0, 0.05) is 26.0 Å². The maximum Gasteiger partial charge on any atom is 0.315 e. The Labute approximate surface area is 136 Å². The van der Waals surface area contributed by atoms with E-state index in [1.165, 1.54) is 0 Å². The number of urea groups is 1. The van der Waals surface area contributed by atoms with Crippen molar-refractivity contribution in [3.8, 4) is 11.5 Å². The molecule has 0 spiro atoms. The molecule has 1 heterocycles. The minimum absolute atomic E-state index is 0.0418. The predicted molar refractivity (Wildman–Crippen MR) is 85.9 cm³/mol. The molecule has 1 saturated carbocycles. The van der Waals surface area contributed by atoms with E-state index in [0.717, 1.165) is 17.9 Å². The van der Waals surface area contributed by atoms with E-state index in [0.29, 0.717) is 26.2 Å². The van der Waals surface area contributed by atoms with Crippen LogP contribution in [-0.2, 0) is 4.74 Å². The molecule has 1 fully saturated rings. The van der Waals surface area contributed by atoms with Crippen LogP contribution in [0.2, 0.25) is 0 Å². The van der Waals surface area contributed by atoms with Gasteiger partial charge in [-0.25, -0.2) is 4.79 Å². The van der Waals surface area contributed by atoms with Gasteiger partial charge in [0.05, 0.1) is 11.6 Å². The number of carbonyl (C=O) groups is 1. The molecule has 1 unspecified atom stereocenters. The van der Waals surface area contributed by atoms with Crippen molar-refractivity contribution in [1.29, 1.82) is 0 Å². The lowest BCUT2D eigenvalue weighted by molar-refractivity contribution is 0.0492. The molecular formula is C17H24N2O4. The summed E-state index contributed by atoms with van der Waals surface area (Å²) in [7, 11) is 0. The van der Waals surface area contributed by atoms with E-state index in [9.17, 15) is 4.79 Å². The van der Waals surface area contributed by atoms with Crippen LogP contribution < -0.4 is 20.1 Å². The number of amides is 2. The highest BCUT2D eigenvalue weighted by molar-refractivity contribution is 5.74. The Bertz CT molecular complexity index is 565. The second kappa shape index (κ2) is 6.66. The fourth-order valence-corrected chi connectivity index (χ4v) is 2.80. The Morgan fingerprint density at radius 3 is 2.96 bits per heavy atom. The van der Waals surface area contributed by atoms with Crippen molar-refractivity contribution >= 4 is 6.03 Å². The summed E-state index contributed by atoms with van der Waals surface area (Å²) in [5, 5.41) is 5.80. The minimum atomic E-state index is -0.198. The van der Waals surface area contributed by atoms with Crippen molar-refractivity contribution < 1.29 is 19.0 Å². The number of hydrogen-bond donors (Lipinski definition) is 2. The van der Waals surface area contributed by atoms with Crippen LogP contribution in [0.5, 0.6) is 11.5 Å². The van der Waals surface area contributed by atoms with Gasteiger partial charge in [-0.05, 0) is 26.0 Å². The molecular weight excluding hydrogens is 296 g/mol. The first-order valence-electron chi connectivity index (χ1n) is 8.17. The number of benzene rings is 1. The summed E-state index contributed by atoms with van der Waals surface area (Å²) >= 11 is 0. The molecule has 0 saturated heterocycles. The first-order valence-corrected chi connectivity index (χ1v) is 8.17. The standard InChI is InChI=1S/C17H24N2O4/c1-3-22-17(2)10-15(17)19-16(20)18-9-8-12-11-21-13-6-4-5-7-14(13)23-12/h4-7,12,15H,3,8-11H2,1-2H3,(H2,18,19,20)/t12?,15-,17+/m1/s1. The predicted octanol–water partition coefficient (Wildman–Crippen LogP) is 2.08. The van der Waals surface area contributed by atoms with Gasteiger partial charge in [-0.3, -0.25) is 0 Å². The zero-order valence-corrected chi connectivity index (χ0v) is 13.6. The van der Waals surface area contributed by atoms with E-state index in [1.54, 1.807) is 0 Å². The summed E-state index contributed by atoms with van der Waals surface area (Å²) in [5.74, 6) is 1.54. The summed E-state index contributed by atoms with van der Waals surface area (Å²) < 4.78 is 17.1. The zero-order valence-electron chi connectivity index (χ0n) is 13.6. The number of para-hydroxylation sites is 2. The highest BCUT2D eigenvalue weighted by atomic mass is 16.6. The molecule has 1 aromatic rings. The molecule has 2 aliphatic rings. The fourth-order valence-electron chi connectivity index (χ4n) is 2.80. The molecule has 23 heavy (non-hydrogen) atoms. The fraction of sp³-hybridized carbons (Fsp3) is 0.588. The van der Waals surface area contributed by atoms with Crippen molar-refractivity contribution in [2.24, 2.45) is 0 Å². The van der Waals surface area contributed by atoms with Gasteiger partial charge in [0.15, 0.2) is 11.5 Å². The van der Waals surface area contributed by atoms with E-state index in [-0.39, 0.29) is 23.8 Å². The van der Waals surface area contributed by atoms with Crippen LogP contribution in [0.25, 0.3) is 0 Å². The van der Waals surface area contributed by atoms with Gasteiger partial charge in [-0.15, -0.1) is 0 Å². The normalized spacial score (nSPS) is 28.1. The molecule has 6 nitrogen and oxygen atoms in total. The van der Waals surface area contributed by atoms with E-state index in [2.05, 4.69) is 10.6 Å². The molecule has 1 aromatic carbocycles. The molecule has 2 N–H and O–H groups in total. The molecule has 0 radical (unpaired) electrons. The molecule has 1 aliphatic carbocycles. The van der Waals surface area contributed by atoms with Crippen molar-refractivity contribution in [3.05, 3.63) is 24.3 Å². The minimum Gasteiger partial charge on any atom is -0.486 e. The Hall–Kier alpha value is -1.95. The number of carbonyl (C=O) groups excluding carboxylic acids is 1. The maximum absolute atomic E-state index is 11.9. The lowest BCUT2D eigenvalue weighted by Gasteiger charge is -2.26. The van der Waals surface area contributed by atoms with Crippen LogP contribution in [-0.4, -0.2) is 43.5 Å². The van der Waals surface area contributed by atoms with E-state index < -0.39 is 0 Å². The molecule has 0 bridgehead atoms. The van der Waals surface area contributed by atoms with Crippen molar-refractivity contribution in [1.82, 2.24) is 10.6 Å². The van der Waals surface area contributed by atoms with E-state index >= 15 is 0 Å². The Kier molecular flexibility index (Phi) is 4.61. The summed E-state index contributed by atoms with van der Waals surface area (Å²) in [6, 6.07) is 7.56. The van der Waals surface area contributed by atoms with Crippen LogP contribution in [0.3, 0.4) is 0 Å². The second-order valence-electron chi connectivity index (χ2n) is 6.19. The van der Waals surface area contributed by atoms with E-state index in [1.807, 2.05) is 38.1 Å². The highest BCUT2D eigenvalue weighted by Crippen LogP contribution is 2.39. The summed E-state index contributed by atoms with van der Waals surface area (Å²) in [4.78, 5) is 11.9. The van der Waals surface area contributed by atoms with Crippen LogP contribution in [0.1, 0.15) is 26.7 Å². The smallest absolute Gasteiger partial charge is 0.315 e. The van der Waals surface area contributed by atoms with Crippen molar-refractivity contribution in [2.45, 2.75) is 44.4 Å². The number of ether oxygens (including phenoxy) is 3. The third kappa shape index (κ3) is 3.88. The van der Waals surface area contributed by atoms with Crippen LogP contribution in [0.4, 0.5) is 4.79 Å². The Morgan fingerprint density at radius 1 is 1.39 bits per heavy atom. The van der Waals surface area contributed by atoms with Gasteiger partial charge in [0.25, 0.3) is 0 Å². The highest BCUT2D eigenvalue weighted by Gasteiger charge is 2.52. The molecule has 6 heteroatoms. The van der Waals surface area contributed by atoms with Gasteiger partial charge in [-0.2, -0.15) is 0 Å². The number of hydrogen-bond acceptors (Lipinski definition) is 4. The molecule has 0 aromatic heterocycles. The van der Waals surface area contributed by atoms with E-state index in [4.69, 9.17) is 14.2 Å². The van der Waals surface area contributed by atoms with Gasteiger partial charge < -0.3 is 24.8 Å². The maximum atomic E-state index is 11.9. The van der Waals surface area contributed by atoms with Gasteiger partial charge >= 0.3 is 6.03 Å². The largest absolute Gasteiger partial charge is 0.486 e. The number of rotatable bonds is 6. The lowest BCUT2D eigenvalue weighted by atomic mass is 10.2. The quantitative estimate of drug-likeness (QED) is 0.842. The van der Waals surface area contributed by atoms with Crippen LogP contribution >= 0.6 is 0 Å². The average molecular weight is 320 g/mol. The first-order chi connectivity index (χ1) is 11.1. The lowest BCUT2D eigenvalue weighted by Crippen LogP contribution is -2.42. The third-order valence-corrected chi connectivity index (χ3v) is 4.29. The van der Waals surface area contributed by atoms with Gasteiger partial charge in [-0.1, -0.05) is 12.1 Å². The topological polar surface area (TPSA) is 68.8 Å². The molecule has 126 valence electrons. The summed E-state index contributed by atoms with van der Waals surface area (Å²) in [6.07, 6.45) is 1.53. The Morgan fingerprint density at radius 2 is 2.17 bits per heavy atom. The van der Waals surface area contributed by atoms with Gasteiger partial charge in [0.1, 0.15) is 12.7 Å². The van der Waals surface area contributed by atoms with Crippen LogP contribution in [0.15, 0.2) is 24.3 Å². The molecule has 2 amide bonds. The zero-order chi connectivity index (χ0) is 16.3. The monoisotopic (exact) mass is 320 g/mol. The molecule has 1 aliphatic heterocycles. The SMILES string of the molecule is CCO[C@@]1(C)C[C@H]1NC(=O)NCCC1COc2ccccc2O1. The first kappa shape index (κ1) is 15.9. The summed E-state index contributed by atoms with van der Waals surface area (Å²) in [6.45, 7) is 5.69. The number of fused-ring (bicyclic) bond motifs is 1. The second-order valence-corrected chi connectivity index (χ2v) is 6.19. The molecule has 3 rings (SSSR count). The Balaban J connectivity index is 1.35. The third-order valence-electron chi connectivity index (χ3n) is 4.29.